The van der Waals surface area contributed by atoms with Crippen molar-refractivity contribution in [2.75, 3.05) is 44.6 Å². The summed E-state index contributed by atoms with van der Waals surface area (Å²) in [5, 5.41) is 6.72. The van der Waals surface area contributed by atoms with Gasteiger partial charge in [-0.05, 0) is 30.4 Å². The third-order valence-electron chi connectivity index (χ3n) is 6.69. The Labute approximate surface area is 179 Å². The first kappa shape index (κ1) is 22.1. The SMILES string of the molecule is C[C@@H]1[C@H](C)CCC[C@@H]1NC(=O)C[NH+]1CC[NH+](CC(=O)Nc2ccccc2Cl)CC1. The minimum Gasteiger partial charge on any atom is -0.348 e. The average Bonchev–Trinajstić information content (AvgIpc) is 2.69. The molecule has 1 heterocycles. The normalized spacial score (nSPS) is 29.8. The Kier molecular flexibility index (Phi) is 7.92. The number of nitrogens with one attached hydrogen (secondary N) is 4. The second-order valence-electron chi connectivity index (χ2n) is 8.82. The molecule has 2 aliphatic rings. The zero-order valence-electron chi connectivity index (χ0n) is 17.6. The molecule has 1 aromatic rings. The van der Waals surface area contributed by atoms with E-state index >= 15 is 0 Å². The van der Waals surface area contributed by atoms with Crippen LogP contribution in [0.3, 0.4) is 0 Å². The van der Waals surface area contributed by atoms with Crippen molar-refractivity contribution < 1.29 is 19.4 Å². The third-order valence-corrected chi connectivity index (χ3v) is 7.02. The predicted molar refractivity (Wildman–Crippen MR) is 115 cm³/mol. The molecule has 2 fully saturated rings. The Morgan fingerprint density at radius 1 is 1.00 bits per heavy atom. The van der Waals surface area contributed by atoms with Gasteiger partial charge in [0.25, 0.3) is 11.8 Å². The van der Waals surface area contributed by atoms with Crippen molar-refractivity contribution in [3.05, 3.63) is 29.3 Å². The fraction of sp³-hybridized carbons (Fsp3) is 0.636. The first-order chi connectivity index (χ1) is 13.9. The number of amides is 2. The van der Waals surface area contributed by atoms with E-state index in [0.717, 1.165) is 32.6 Å². The number of halogens is 1. The van der Waals surface area contributed by atoms with Gasteiger partial charge in [-0.15, -0.1) is 0 Å². The monoisotopic (exact) mass is 422 g/mol. The van der Waals surface area contributed by atoms with Crippen LogP contribution in [0.4, 0.5) is 5.69 Å². The Morgan fingerprint density at radius 3 is 2.28 bits per heavy atom. The predicted octanol–water partition coefficient (Wildman–Crippen LogP) is 0.00280. The summed E-state index contributed by atoms with van der Waals surface area (Å²) in [6.45, 7) is 9.15. The summed E-state index contributed by atoms with van der Waals surface area (Å²) in [5.74, 6) is 1.40. The number of piperazine rings is 1. The average molecular weight is 423 g/mol. The van der Waals surface area contributed by atoms with Crippen molar-refractivity contribution in [3.63, 3.8) is 0 Å². The molecular weight excluding hydrogens is 388 g/mol. The van der Waals surface area contributed by atoms with E-state index in [0.29, 0.717) is 41.7 Å². The molecule has 0 unspecified atom stereocenters. The molecule has 0 bridgehead atoms. The summed E-state index contributed by atoms with van der Waals surface area (Å²) in [4.78, 5) is 27.4. The number of benzene rings is 1. The summed E-state index contributed by atoms with van der Waals surface area (Å²) < 4.78 is 0. The molecule has 1 aliphatic carbocycles. The molecule has 160 valence electrons. The molecule has 0 aromatic heterocycles. The standard InChI is InChI=1S/C22H33ClN4O2/c1-16-6-5-9-19(17(16)2)24-21(28)14-26-10-12-27(13-11-26)15-22(29)25-20-8-4-3-7-18(20)23/h3-4,7-8,16-17,19H,5-6,9-15H2,1-2H3,(H,24,28)(H,25,29)/p+2/t16-,17-,19+/m1/s1. The van der Waals surface area contributed by atoms with Gasteiger partial charge in [-0.2, -0.15) is 0 Å². The van der Waals surface area contributed by atoms with Crippen molar-refractivity contribution in [1.82, 2.24) is 5.32 Å². The smallest absolute Gasteiger partial charge is 0.279 e. The quantitative estimate of drug-likeness (QED) is 0.521. The van der Waals surface area contributed by atoms with Crippen LogP contribution in [0, 0.1) is 11.8 Å². The minimum atomic E-state index is -0.0188. The van der Waals surface area contributed by atoms with Gasteiger partial charge >= 0.3 is 0 Å². The Morgan fingerprint density at radius 2 is 1.62 bits per heavy atom. The van der Waals surface area contributed by atoms with E-state index in [1.165, 1.54) is 22.6 Å². The van der Waals surface area contributed by atoms with Gasteiger partial charge in [0.1, 0.15) is 26.2 Å². The van der Waals surface area contributed by atoms with Gasteiger partial charge in [-0.25, -0.2) is 0 Å². The van der Waals surface area contributed by atoms with Crippen LogP contribution in [-0.4, -0.2) is 57.1 Å². The lowest BCUT2D eigenvalue weighted by atomic mass is 9.78. The molecule has 1 saturated heterocycles. The van der Waals surface area contributed by atoms with Crippen LogP contribution in [0.5, 0.6) is 0 Å². The number of para-hydroxylation sites is 1. The molecule has 29 heavy (non-hydrogen) atoms. The molecular formula is C22H35ClN4O2+2. The highest BCUT2D eigenvalue weighted by Gasteiger charge is 2.30. The second-order valence-corrected chi connectivity index (χ2v) is 9.23. The van der Waals surface area contributed by atoms with E-state index < -0.39 is 0 Å². The fourth-order valence-corrected chi connectivity index (χ4v) is 4.75. The van der Waals surface area contributed by atoms with E-state index in [2.05, 4.69) is 24.5 Å². The van der Waals surface area contributed by atoms with Crippen molar-refractivity contribution >= 4 is 29.1 Å². The lowest BCUT2D eigenvalue weighted by Crippen LogP contribution is -3.28. The van der Waals surface area contributed by atoms with E-state index in [-0.39, 0.29) is 11.8 Å². The number of rotatable bonds is 6. The minimum absolute atomic E-state index is 0.0188. The van der Waals surface area contributed by atoms with Crippen molar-refractivity contribution in [2.24, 2.45) is 11.8 Å². The summed E-state index contributed by atoms with van der Waals surface area (Å²) in [6.07, 6.45) is 3.58. The lowest BCUT2D eigenvalue weighted by molar-refractivity contribution is -1.00. The number of carbonyl (C=O) groups is 2. The number of hydrogen-bond donors (Lipinski definition) is 4. The van der Waals surface area contributed by atoms with Gasteiger partial charge in [0.15, 0.2) is 13.1 Å². The van der Waals surface area contributed by atoms with E-state index in [4.69, 9.17) is 11.6 Å². The Balaban J connectivity index is 1.37. The van der Waals surface area contributed by atoms with Crippen LogP contribution < -0.4 is 20.4 Å². The third kappa shape index (κ3) is 6.43. The Bertz CT molecular complexity index is 706. The van der Waals surface area contributed by atoms with Gasteiger partial charge in [-0.3, -0.25) is 9.59 Å². The number of hydrogen-bond acceptors (Lipinski definition) is 2. The molecule has 1 saturated carbocycles. The van der Waals surface area contributed by atoms with Crippen LogP contribution >= 0.6 is 11.6 Å². The summed E-state index contributed by atoms with van der Waals surface area (Å²) in [6, 6.07) is 7.61. The van der Waals surface area contributed by atoms with Gasteiger partial charge in [0.2, 0.25) is 0 Å². The fourth-order valence-electron chi connectivity index (χ4n) is 4.57. The molecule has 7 heteroatoms. The van der Waals surface area contributed by atoms with Gasteiger partial charge in [-0.1, -0.05) is 50.4 Å². The van der Waals surface area contributed by atoms with Gasteiger partial charge in [0, 0.05) is 6.04 Å². The summed E-state index contributed by atoms with van der Waals surface area (Å²) >= 11 is 6.10. The molecule has 0 radical (unpaired) electrons. The summed E-state index contributed by atoms with van der Waals surface area (Å²) in [7, 11) is 0. The molecule has 6 nitrogen and oxygen atoms in total. The summed E-state index contributed by atoms with van der Waals surface area (Å²) in [5.41, 5.74) is 0.658. The highest BCUT2D eigenvalue weighted by molar-refractivity contribution is 6.33. The number of carbonyl (C=O) groups excluding carboxylic acids is 2. The maximum Gasteiger partial charge on any atom is 0.279 e. The molecule has 0 spiro atoms. The van der Waals surface area contributed by atoms with Crippen LogP contribution in [0.2, 0.25) is 5.02 Å². The number of quaternary nitrogens is 2. The molecule has 4 N–H and O–H groups in total. The van der Waals surface area contributed by atoms with Gasteiger partial charge < -0.3 is 20.4 Å². The van der Waals surface area contributed by atoms with E-state index in [1.54, 1.807) is 6.07 Å². The van der Waals surface area contributed by atoms with Crippen molar-refractivity contribution in [3.8, 4) is 0 Å². The van der Waals surface area contributed by atoms with Crippen LogP contribution in [0.25, 0.3) is 0 Å². The first-order valence-corrected chi connectivity index (χ1v) is 11.3. The molecule has 1 aromatic carbocycles. The van der Waals surface area contributed by atoms with Crippen LogP contribution in [-0.2, 0) is 9.59 Å². The highest BCUT2D eigenvalue weighted by Crippen LogP contribution is 2.29. The van der Waals surface area contributed by atoms with Gasteiger partial charge in [0.05, 0.1) is 10.7 Å². The molecule has 3 atom stereocenters. The molecule has 3 rings (SSSR count). The van der Waals surface area contributed by atoms with E-state index in [1.807, 2.05) is 18.2 Å². The zero-order valence-corrected chi connectivity index (χ0v) is 18.4. The maximum absolute atomic E-state index is 12.5. The lowest BCUT2D eigenvalue weighted by Gasteiger charge is -2.35. The Hall–Kier alpha value is -1.63. The zero-order chi connectivity index (χ0) is 20.8. The van der Waals surface area contributed by atoms with E-state index in [9.17, 15) is 9.59 Å². The largest absolute Gasteiger partial charge is 0.348 e. The maximum atomic E-state index is 12.5. The first-order valence-electron chi connectivity index (χ1n) is 10.9. The highest BCUT2D eigenvalue weighted by atomic mass is 35.5. The molecule has 1 aliphatic heterocycles. The topological polar surface area (TPSA) is 67.1 Å². The van der Waals surface area contributed by atoms with Crippen molar-refractivity contribution in [1.29, 1.82) is 0 Å². The van der Waals surface area contributed by atoms with Crippen molar-refractivity contribution in [2.45, 2.75) is 39.2 Å². The van der Waals surface area contributed by atoms with Crippen LogP contribution in [0.15, 0.2) is 24.3 Å². The molecule has 2 amide bonds. The van der Waals surface area contributed by atoms with Crippen LogP contribution in [0.1, 0.15) is 33.1 Å². The number of anilines is 1. The second kappa shape index (κ2) is 10.4.